The fraction of sp³-hybridized carbons (Fsp3) is 0.125. The Kier molecular flexibility index (Phi) is 1.71. The summed E-state index contributed by atoms with van der Waals surface area (Å²) in [7, 11) is 0. The van der Waals surface area contributed by atoms with Gasteiger partial charge in [-0.25, -0.2) is 0 Å². The maximum atomic E-state index is 10.3. The largest absolute Gasteiger partial charge is 0.464 e. The molecule has 0 amide bonds. The van der Waals surface area contributed by atoms with Gasteiger partial charge in [-0.3, -0.25) is 4.79 Å². The molecule has 0 aliphatic carbocycles. The summed E-state index contributed by atoms with van der Waals surface area (Å²) < 4.78 is 4.99. The number of carbonyl (C=O) groups is 1. The van der Waals surface area contributed by atoms with Gasteiger partial charge in [0.2, 0.25) is 0 Å². The molecule has 0 aromatic carbocycles. The van der Waals surface area contributed by atoms with Crippen LogP contribution >= 0.6 is 0 Å². The van der Waals surface area contributed by atoms with Crippen molar-refractivity contribution in [3.8, 4) is 0 Å². The molecular weight excluding hydrogens is 128 g/mol. The van der Waals surface area contributed by atoms with E-state index in [2.05, 4.69) is 6.58 Å². The highest BCUT2D eigenvalue weighted by Gasteiger charge is 2.03. The first kappa shape index (κ1) is 6.81. The van der Waals surface area contributed by atoms with Crippen molar-refractivity contribution in [2.45, 2.75) is 6.92 Å². The highest BCUT2D eigenvalue weighted by Crippen LogP contribution is 2.15. The number of rotatable bonds is 2. The molecule has 2 nitrogen and oxygen atoms in total. The number of carbonyl (C=O) groups excluding carboxylic acids is 1. The molecule has 0 N–H and O–H groups in total. The Hall–Kier alpha value is -1.31. The third-order valence-electron chi connectivity index (χ3n) is 1.21. The Morgan fingerprint density at radius 1 is 1.80 bits per heavy atom. The standard InChI is InChI=1S/C8H8O2/c1-6(2)8-7(5-9)3-4-10-8/h3-5H,1H2,2H3. The maximum absolute atomic E-state index is 10.3. The molecule has 1 heterocycles. The average Bonchev–Trinajstić information content (AvgIpc) is 2.33. The lowest BCUT2D eigenvalue weighted by Crippen LogP contribution is -1.80. The Morgan fingerprint density at radius 2 is 2.50 bits per heavy atom. The first-order valence-electron chi connectivity index (χ1n) is 2.94. The second-order valence-corrected chi connectivity index (χ2v) is 2.10. The zero-order valence-corrected chi connectivity index (χ0v) is 5.76. The molecule has 52 valence electrons. The Morgan fingerprint density at radius 3 is 2.90 bits per heavy atom. The topological polar surface area (TPSA) is 30.2 Å². The first-order valence-corrected chi connectivity index (χ1v) is 2.94. The summed E-state index contributed by atoms with van der Waals surface area (Å²) in [6, 6.07) is 1.62. The number of hydrogen-bond acceptors (Lipinski definition) is 2. The predicted molar refractivity (Wildman–Crippen MR) is 38.8 cm³/mol. The number of hydrogen-bond donors (Lipinski definition) is 0. The van der Waals surface area contributed by atoms with Gasteiger partial charge in [0.1, 0.15) is 5.76 Å². The summed E-state index contributed by atoms with van der Waals surface area (Å²) >= 11 is 0. The van der Waals surface area contributed by atoms with Crippen molar-refractivity contribution in [1.29, 1.82) is 0 Å². The molecule has 0 aliphatic rings. The van der Waals surface area contributed by atoms with Crippen LogP contribution in [0.15, 0.2) is 23.3 Å². The van der Waals surface area contributed by atoms with Crippen LogP contribution in [0.1, 0.15) is 23.0 Å². The zero-order valence-electron chi connectivity index (χ0n) is 5.76. The number of aldehydes is 1. The minimum atomic E-state index is 0.563. The van der Waals surface area contributed by atoms with Crippen molar-refractivity contribution in [3.63, 3.8) is 0 Å². The SMILES string of the molecule is C=C(C)c1occc1C=O. The summed E-state index contributed by atoms with van der Waals surface area (Å²) in [5, 5.41) is 0. The molecular formula is C8H8O2. The Labute approximate surface area is 59.2 Å². The van der Waals surface area contributed by atoms with E-state index in [1.807, 2.05) is 0 Å². The number of furan rings is 1. The molecule has 0 aliphatic heterocycles. The predicted octanol–water partition coefficient (Wildman–Crippen LogP) is 2.13. The monoisotopic (exact) mass is 136 g/mol. The van der Waals surface area contributed by atoms with Gasteiger partial charge in [-0.2, -0.15) is 0 Å². The zero-order chi connectivity index (χ0) is 7.56. The molecule has 1 rings (SSSR count). The summed E-state index contributed by atoms with van der Waals surface area (Å²) in [6.07, 6.45) is 2.24. The Bertz CT molecular complexity index is 258. The van der Waals surface area contributed by atoms with Crippen LogP contribution in [0.3, 0.4) is 0 Å². The summed E-state index contributed by atoms with van der Waals surface area (Å²) in [4.78, 5) is 10.3. The van der Waals surface area contributed by atoms with Gasteiger partial charge in [0, 0.05) is 0 Å². The van der Waals surface area contributed by atoms with E-state index in [9.17, 15) is 4.79 Å². The van der Waals surface area contributed by atoms with E-state index in [4.69, 9.17) is 4.42 Å². The fourth-order valence-electron chi connectivity index (χ4n) is 0.759. The molecule has 0 atom stereocenters. The molecule has 0 fully saturated rings. The molecule has 0 saturated carbocycles. The van der Waals surface area contributed by atoms with Gasteiger partial charge in [0.25, 0.3) is 0 Å². The van der Waals surface area contributed by atoms with Gasteiger partial charge >= 0.3 is 0 Å². The lowest BCUT2D eigenvalue weighted by molar-refractivity contribution is 0.112. The van der Waals surface area contributed by atoms with Crippen molar-refractivity contribution in [1.82, 2.24) is 0 Å². The summed E-state index contributed by atoms with van der Waals surface area (Å²) in [6.45, 7) is 5.45. The van der Waals surface area contributed by atoms with Crippen molar-refractivity contribution < 1.29 is 9.21 Å². The summed E-state index contributed by atoms with van der Waals surface area (Å²) in [5.74, 6) is 0.579. The van der Waals surface area contributed by atoms with Crippen LogP contribution < -0.4 is 0 Å². The van der Waals surface area contributed by atoms with Gasteiger partial charge in [0.15, 0.2) is 6.29 Å². The van der Waals surface area contributed by atoms with Crippen molar-refractivity contribution in [2.75, 3.05) is 0 Å². The lowest BCUT2D eigenvalue weighted by Gasteiger charge is -1.91. The van der Waals surface area contributed by atoms with Gasteiger partial charge in [-0.15, -0.1) is 0 Å². The van der Waals surface area contributed by atoms with E-state index in [1.165, 1.54) is 6.26 Å². The van der Waals surface area contributed by atoms with E-state index in [0.717, 1.165) is 11.9 Å². The number of allylic oxidation sites excluding steroid dienone is 1. The lowest BCUT2D eigenvalue weighted by atomic mass is 10.2. The highest BCUT2D eigenvalue weighted by atomic mass is 16.3. The smallest absolute Gasteiger partial charge is 0.153 e. The van der Waals surface area contributed by atoms with Crippen LogP contribution in [0.4, 0.5) is 0 Å². The normalized spacial score (nSPS) is 9.30. The fourth-order valence-corrected chi connectivity index (χ4v) is 0.759. The van der Waals surface area contributed by atoms with Crippen molar-refractivity contribution in [2.24, 2.45) is 0 Å². The minimum Gasteiger partial charge on any atom is -0.464 e. The third-order valence-corrected chi connectivity index (χ3v) is 1.21. The molecule has 1 aromatic heterocycles. The molecule has 0 spiro atoms. The van der Waals surface area contributed by atoms with Crippen LogP contribution in [0.5, 0.6) is 0 Å². The molecule has 0 bridgehead atoms. The van der Waals surface area contributed by atoms with Gasteiger partial charge in [-0.05, 0) is 18.6 Å². The molecule has 1 aromatic rings. The quantitative estimate of drug-likeness (QED) is 0.583. The van der Waals surface area contributed by atoms with Crippen LogP contribution in [-0.2, 0) is 0 Å². The second-order valence-electron chi connectivity index (χ2n) is 2.10. The van der Waals surface area contributed by atoms with Crippen LogP contribution in [-0.4, -0.2) is 6.29 Å². The maximum Gasteiger partial charge on any atom is 0.153 e. The van der Waals surface area contributed by atoms with E-state index in [0.29, 0.717) is 11.3 Å². The van der Waals surface area contributed by atoms with Crippen molar-refractivity contribution in [3.05, 3.63) is 30.2 Å². The van der Waals surface area contributed by atoms with E-state index < -0.39 is 0 Å². The van der Waals surface area contributed by atoms with Crippen LogP contribution in [0.2, 0.25) is 0 Å². The Balaban J connectivity index is 3.13. The van der Waals surface area contributed by atoms with Crippen molar-refractivity contribution >= 4 is 11.9 Å². The molecule has 10 heavy (non-hydrogen) atoms. The van der Waals surface area contributed by atoms with Gasteiger partial charge in [0.05, 0.1) is 11.8 Å². The first-order chi connectivity index (χ1) is 4.75. The average molecular weight is 136 g/mol. The van der Waals surface area contributed by atoms with Crippen LogP contribution in [0.25, 0.3) is 5.57 Å². The van der Waals surface area contributed by atoms with Crippen LogP contribution in [0, 0.1) is 0 Å². The van der Waals surface area contributed by atoms with Gasteiger partial charge in [-0.1, -0.05) is 6.58 Å². The summed E-state index contributed by atoms with van der Waals surface area (Å²) in [5.41, 5.74) is 1.33. The van der Waals surface area contributed by atoms with E-state index in [-0.39, 0.29) is 0 Å². The molecule has 0 unspecified atom stereocenters. The molecule has 0 saturated heterocycles. The third kappa shape index (κ3) is 1.00. The van der Waals surface area contributed by atoms with Gasteiger partial charge < -0.3 is 4.42 Å². The van der Waals surface area contributed by atoms with E-state index >= 15 is 0 Å². The second kappa shape index (κ2) is 2.52. The minimum absolute atomic E-state index is 0.563. The molecule has 0 radical (unpaired) electrons. The molecule has 2 heteroatoms. The van der Waals surface area contributed by atoms with E-state index in [1.54, 1.807) is 13.0 Å². The highest BCUT2D eigenvalue weighted by molar-refractivity contribution is 5.82.